The zero-order valence-electron chi connectivity index (χ0n) is 9.57. The van der Waals surface area contributed by atoms with Crippen molar-refractivity contribution in [2.75, 3.05) is 6.54 Å². The second kappa shape index (κ2) is 5.12. The van der Waals surface area contributed by atoms with Crippen molar-refractivity contribution >= 4 is 5.91 Å². The Kier molecular flexibility index (Phi) is 3.57. The molecular formula is C13H18N2O. The molecule has 0 spiro atoms. The van der Waals surface area contributed by atoms with E-state index in [2.05, 4.69) is 29.7 Å². The summed E-state index contributed by atoms with van der Waals surface area (Å²) in [6, 6.07) is 11.0. The number of carbonyl (C=O) groups excluding carboxylic acids is 1. The van der Waals surface area contributed by atoms with Crippen molar-refractivity contribution in [2.45, 2.75) is 31.8 Å². The summed E-state index contributed by atoms with van der Waals surface area (Å²) in [5, 5.41) is 6.41. The Balaban J connectivity index is 1.80. The average molecular weight is 218 g/mol. The predicted molar refractivity (Wildman–Crippen MR) is 64.0 cm³/mol. The Morgan fingerprint density at radius 2 is 2.19 bits per heavy atom. The van der Waals surface area contributed by atoms with Gasteiger partial charge in [0.1, 0.15) is 0 Å². The van der Waals surface area contributed by atoms with E-state index < -0.39 is 0 Å². The van der Waals surface area contributed by atoms with Gasteiger partial charge < -0.3 is 10.6 Å². The van der Waals surface area contributed by atoms with Gasteiger partial charge in [-0.05, 0) is 18.9 Å². The Morgan fingerprint density at radius 1 is 1.44 bits per heavy atom. The quantitative estimate of drug-likeness (QED) is 0.806. The van der Waals surface area contributed by atoms with Gasteiger partial charge in [-0.1, -0.05) is 30.3 Å². The highest BCUT2D eigenvalue weighted by molar-refractivity contribution is 5.78. The fourth-order valence-electron chi connectivity index (χ4n) is 2.01. The molecule has 1 unspecified atom stereocenters. The second-order valence-corrected chi connectivity index (χ2v) is 4.34. The Bertz CT molecular complexity index is 350. The molecule has 0 saturated carbocycles. The van der Waals surface area contributed by atoms with E-state index in [4.69, 9.17) is 0 Å². The molecule has 1 aliphatic rings. The molecule has 1 saturated heterocycles. The van der Waals surface area contributed by atoms with E-state index in [1.165, 1.54) is 5.56 Å². The van der Waals surface area contributed by atoms with E-state index in [1.807, 2.05) is 18.2 Å². The van der Waals surface area contributed by atoms with Crippen molar-refractivity contribution in [2.24, 2.45) is 0 Å². The zero-order valence-corrected chi connectivity index (χ0v) is 9.57. The molecule has 3 heteroatoms. The van der Waals surface area contributed by atoms with Gasteiger partial charge in [-0.15, -0.1) is 0 Å². The van der Waals surface area contributed by atoms with Crippen molar-refractivity contribution in [1.29, 1.82) is 0 Å². The summed E-state index contributed by atoms with van der Waals surface area (Å²) in [4.78, 5) is 11.0. The monoisotopic (exact) mass is 218 g/mol. The fourth-order valence-corrected chi connectivity index (χ4v) is 2.01. The standard InChI is InChI=1S/C13H18N2O/c1-10(11-5-3-2-4-6-11)14-9-12-7-8-13(16)15-12/h2-6,10,12,14H,7-9H2,1H3,(H,15,16)/t10-,12?/m0/s1. The molecule has 1 aromatic carbocycles. The van der Waals surface area contributed by atoms with Crippen LogP contribution in [0.3, 0.4) is 0 Å². The maximum atomic E-state index is 11.0. The second-order valence-electron chi connectivity index (χ2n) is 4.34. The largest absolute Gasteiger partial charge is 0.352 e. The van der Waals surface area contributed by atoms with Gasteiger partial charge in [0.2, 0.25) is 5.91 Å². The van der Waals surface area contributed by atoms with E-state index in [9.17, 15) is 4.79 Å². The van der Waals surface area contributed by atoms with Gasteiger partial charge in [0.25, 0.3) is 0 Å². The fraction of sp³-hybridized carbons (Fsp3) is 0.462. The lowest BCUT2D eigenvalue weighted by Crippen LogP contribution is -2.36. The van der Waals surface area contributed by atoms with Gasteiger partial charge >= 0.3 is 0 Å². The third-order valence-corrected chi connectivity index (χ3v) is 3.05. The van der Waals surface area contributed by atoms with E-state index in [0.29, 0.717) is 18.5 Å². The van der Waals surface area contributed by atoms with E-state index in [-0.39, 0.29) is 5.91 Å². The van der Waals surface area contributed by atoms with Gasteiger partial charge in [-0.2, -0.15) is 0 Å². The van der Waals surface area contributed by atoms with Crippen LogP contribution in [0.1, 0.15) is 31.4 Å². The van der Waals surface area contributed by atoms with Crippen LogP contribution in [0.5, 0.6) is 0 Å². The lowest BCUT2D eigenvalue weighted by molar-refractivity contribution is -0.119. The molecule has 1 aromatic rings. The molecular weight excluding hydrogens is 200 g/mol. The SMILES string of the molecule is C[C@H](NCC1CCC(=O)N1)c1ccccc1. The Morgan fingerprint density at radius 3 is 2.81 bits per heavy atom. The summed E-state index contributed by atoms with van der Waals surface area (Å²) in [7, 11) is 0. The minimum Gasteiger partial charge on any atom is -0.352 e. The lowest BCUT2D eigenvalue weighted by Gasteiger charge is -2.17. The Labute approximate surface area is 96.2 Å². The number of rotatable bonds is 4. The summed E-state index contributed by atoms with van der Waals surface area (Å²) >= 11 is 0. The molecule has 3 nitrogen and oxygen atoms in total. The van der Waals surface area contributed by atoms with Crippen LogP contribution in [-0.4, -0.2) is 18.5 Å². The lowest BCUT2D eigenvalue weighted by atomic mass is 10.1. The third-order valence-electron chi connectivity index (χ3n) is 3.05. The maximum absolute atomic E-state index is 11.0. The van der Waals surface area contributed by atoms with Crippen LogP contribution in [0.4, 0.5) is 0 Å². The molecule has 1 fully saturated rings. The molecule has 1 amide bonds. The summed E-state index contributed by atoms with van der Waals surface area (Å²) in [5.74, 6) is 0.180. The van der Waals surface area contributed by atoms with Gasteiger partial charge in [0.05, 0.1) is 0 Å². The van der Waals surface area contributed by atoms with Crippen molar-refractivity contribution in [3.05, 3.63) is 35.9 Å². The maximum Gasteiger partial charge on any atom is 0.220 e. The molecule has 1 heterocycles. The molecule has 86 valence electrons. The summed E-state index contributed by atoms with van der Waals surface area (Å²) in [5.41, 5.74) is 1.28. The smallest absolute Gasteiger partial charge is 0.220 e. The Hall–Kier alpha value is -1.35. The van der Waals surface area contributed by atoms with E-state index >= 15 is 0 Å². The van der Waals surface area contributed by atoms with Gasteiger partial charge in [-0.3, -0.25) is 4.79 Å². The third kappa shape index (κ3) is 2.83. The predicted octanol–water partition coefficient (Wildman–Crippen LogP) is 1.62. The summed E-state index contributed by atoms with van der Waals surface area (Å²) < 4.78 is 0. The number of nitrogens with one attached hydrogen (secondary N) is 2. The molecule has 2 atom stereocenters. The minimum atomic E-state index is 0.180. The van der Waals surface area contributed by atoms with Crippen LogP contribution < -0.4 is 10.6 Å². The summed E-state index contributed by atoms with van der Waals surface area (Å²) in [6.07, 6.45) is 1.62. The molecule has 0 bridgehead atoms. The molecule has 0 aliphatic carbocycles. The zero-order chi connectivity index (χ0) is 11.4. The molecule has 2 N–H and O–H groups in total. The van der Waals surface area contributed by atoms with Crippen LogP contribution >= 0.6 is 0 Å². The van der Waals surface area contributed by atoms with Gasteiger partial charge in [0.15, 0.2) is 0 Å². The highest BCUT2D eigenvalue weighted by atomic mass is 16.1. The molecule has 1 aliphatic heterocycles. The van der Waals surface area contributed by atoms with Gasteiger partial charge in [-0.25, -0.2) is 0 Å². The van der Waals surface area contributed by atoms with Crippen LogP contribution in [0, 0.1) is 0 Å². The van der Waals surface area contributed by atoms with Gasteiger partial charge in [0, 0.05) is 25.0 Å². The van der Waals surface area contributed by atoms with E-state index in [0.717, 1.165) is 13.0 Å². The molecule has 2 rings (SSSR count). The number of amides is 1. The first-order valence-corrected chi connectivity index (χ1v) is 5.83. The van der Waals surface area contributed by atoms with Crippen LogP contribution in [0.15, 0.2) is 30.3 Å². The van der Waals surface area contributed by atoms with Crippen molar-refractivity contribution in [1.82, 2.24) is 10.6 Å². The average Bonchev–Trinajstić information content (AvgIpc) is 2.73. The van der Waals surface area contributed by atoms with E-state index in [1.54, 1.807) is 0 Å². The first-order chi connectivity index (χ1) is 7.75. The molecule has 0 radical (unpaired) electrons. The number of hydrogen-bond donors (Lipinski definition) is 2. The highest BCUT2D eigenvalue weighted by Crippen LogP contribution is 2.12. The van der Waals surface area contributed by atoms with Crippen molar-refractivity contribution in [3.8, 4) is 0 Å². The number of hydrogen-bond acceptors (Lipinski definition) is 2. The first-order valence-electron chi connectivity index (χ1n) is 5.83. The molecule has 0 aromatic heterocycles. The highest BCUT2D eigenvalue weighted by Gasteiger charge is 2.20. The summed E-state index contributed by atoms with van der Waals surface area (Å²) in [6.45, 7) is 2.99. The van der Waals surface area contributed by atoms with Crippen molar-refractivity contribution in [3.63, 3.8) is 0 Å². The normalized spacial score (nSPS) is 21.8. The molecule has 16 heavy (non-hydrogen) atoms. The van der Waals surface area contributed by atoms with Crippen molar-refractivity contribution < 1.29 is 4.79 Å². The first kappa shape index (κ1) is 11.1. The van der Waals surface area contributed by atoms with Crippen LogP contribution in [0.25, 0.3) is 0 Å². The number of carbonyl (C=O) groups is 1. The van der Waals surface area contributed by atoms with Crippen LogP contribution in [0.2, 0.25) is 0 Å². The minimum absolute atomic E-state index is 0.180. The topological polar surface area (TPSA) is 41.1 Å². The number of benzene rings is 1. The van der Waals surface area contributed by atoms with Crippen LogP contribution in [-0.2, 0) is 4.79 Å².